The molecule has 4 N–H and O–H groups in total. The van der Waals surface area contributed by atoms with Crippen LogP contribution in [0.25, 0.3) is 0 Å². The molecule has 0 aromatic heterocycles. The lowest BCUT2D eigenvalue weighted by Gasteiger charge is -2.15. The van der Waals surface area contributed by atoms with Crippen molar-refractivity contribution in [2.45, 2.75) is 64.8 Å². The molecule has 0 saturated carbocycles. The fourth-order valence-corrected chi connectivity index (χ4v) is 1.96. The van der Waals surface area contributed by atoms with Crippen molar-refractivity contribution in [3.05, 3.63) is 0 Å². The first-order chi connectivity index (χ1) is 9.01. The summed E-state index contributed by atoms with van der Waals surface area (Å²) in [7, 11) is 0. The Labute approximate surface area is 115 Å². The summed E-state index contributed by atoms with van der Waals surface area (Å²) in [4.78, 5) is 22.5. The average Bonchev–Trinajstić information content (AvgIpc) is 2.36. The average molecular weight is 272 g/mol. The van der Waals surface area contributed by atoms with Crippen LogP contribution in [0, 0.1) is 5.92 Å². The SMILES string of the molecule is CCCCCC(C)CCC(=O)N[C@H](CCN)C(=O)O. The number of carboxylic acid groups (broad SMARTS) is 1. The summed E-state index contributed by atoms with van der Waals surface area (Å²) in [5.41, 5.74) is 5.32. The maximum Gasteiger partial charge on any atom is 0.326 e. The molecule has 112 valence electrons. The number of aliphatic carboxylic acids is 1. The van der Waals surface area contributed by atoms with Crippen LogP contribution in [0.4, 0.5) is 0 Å². The molecule has 5 nitrogen and oxygen atoms in total. The van der Waals surface area contributed by atoms with E-state index < -0.39 is 12.0 Å². The van der Waals surface area contributed by atoms with E-state index >= 15 is 0 Å². The fraction of sp³-hybridized carbons (Fsp3) is 0.857. The van der Waals surface area contributed by atoms with E-state index in [4.69, 9.17) is 10.8 Å². The van der Waals surface area contributed by atoms with Gasteiger partial charge in [0.15, 0.2) is 0 Å². The van der Waals surface area contributed by atoms with E-state index in [1.165, 1.54) is 19.3 Å². The van der Waals surface area contributed by atoms with Gasteiger partial charge in [-0.3, -0.25) is 4.79 Å². The number of carbonyl (C=O) groups is 2. The summed E-state index contributed by atoms with van der Waals surface area (Å²) in [5.74, 6) is -0.701. The largest absolute Gasteiger partial charge is 0.480 e. The fourth-order valence-electron chi connectivity index (χ4n) is 1.96. The molecule has 0 aliphatic heterocycles. The van der Waals surface area contributed by atoms with Crippen LogP contribution in [0.15, 0.2) is 0 Å². The molecule has 0 radical (unpaired) electrons. The molecule has 0 fully saturated rings. The summed E-state index contributed by atoms with van der Waals surface area (Å²) < 4.78 is 0. The molecule has 5 heteroatoms. The van der Waals surface area contributed by atoms with E-state index in [0.717, 1.165) is 12.8 Å². The molecule has 19 heavy (non-hydrogen) atoms. The van der Waals surface area contributed by atoms with Crippen LogP contribution in [-0.4, -0.2) is 29.6 Å². The molecule has 2 atom stereocenters. The lowest BCUT2D eigenvalue weighted by molar-refractivity contribution is -0.142. The van der Waals surface area contributed by atoms with Gasteiger partial charge in [-0.05, 0) is 25.3 Å². The normalized spacial score (nSPS) is 13.8. The zero-order valence-electron chi connectivity index (χ0n) is 12.2. The van der Waals surface area contributed by atoms with E-state index in [1.54, 1.807) is 0 Å². The summed E-state index contributed by atoms with van der Waals surface area (Å²) in [6.45, 7) is 4.56. The number of unbranched alkanes of at least 4 members (excludes halogenated alkanes) is 2. The third kappa shape index (κ3) is 9.47. The van der Waals surface area contributed by atoms with Gasteiger partial charge in [-0.2, -0.15) is 0 Å². The number of hydrogen-bond acceptors (Lipinski definition) is 3. The van der Waals surface area contributed by atoms with Crippen molar-refractivity contribution in [1.29, 1.82) is 0 Å². The van der Waals surface area contributed by atoms with Crippen molar-refractivity contribution in [2.24, 2.45) is 11.7 Å². The van der Waals surface area contributed by atoms with Crippen LogP contribution >= 0.6 is 0 Å². The minimum Gasteiger partial charge on any atom is -0.480 e. The van der Waals surface area contributed by atoms with Crippen molar-refractivity contribution in [3.8, 4) is 0 Å². The highest BCUT2D eigenvalue weighted by Crippen LogP contribution is 2.14. The molecule has 0 aromatic carbocycles. The van der Waals surface area contributed by atoms with Crippen LogP contribution in [0.3, 0.4) is 0 Å². The minimum atomic E-state index is -1.02. The van der Waals surface area contributed by atoms with Crippen LogP contribution < -0.4 is 11.1 Å². The zero-order chi connectivity index (χ0) is 14.7. The maximum atomic E-state index is 11.7. The number of amides is 1. The maximum absolute atomic E-state index is 11.7. The molecular weight excluding hydrogens is 244 g/mol. The Morgan fingerprint density at radius 3 is 2.42 bits per heavy atom. The Kier molecular flexibility index (Phi) is 10.2. The Bertz CT molecular complexity index is 269. The summed E-state index contributed by atoms with van der Waals surface area (Å²) in [6.07, 6.45) is 6.23. The number of nitrogens with one attached hydrogen (secondary N) is 1. The van der Waals surface area contributed by atoms with Crippen molar-refractivity contribution in [2.75, 3.05) is 6.54 Å². The number of carboxylic acids is 1. The third-order valence-corrected chi connectivity index (χ3v) is 3.25. The van der Waals surface area contributed by atoms with E-state index in [1.807, 2.05) is 0 Å². The van der Waals surface area contributed by atoms with Crippen LogP contribution in [0.2, 0.25) is 0 Å². The predicted molar refractivity (Wildman–Crippen MR) is 75.8 cm³/mol. The van der Waals surface area contributed by atoms with Crippen molar-refractivity contribution in [1.82, 2.24) is 5.32 Å². The van der Waals surface area contributed by atoms with Gasteiger partial charge in [-0.15, -0.1) is 0 Å². The van der Waals surface area contributed by atoms with Gasteiger partial charge >= 0.3 is 5.97 Å². The molecule has 0 rings (SSSR count). The highest BCUT2D eigenvalue weighted by atomic mass is 16.4. The van der Waals surface area contributed by atoms with Gasteiger partial charge in [-0.25, -0.2) is 4.79 Å². The van der Waals surface area contributed by atoms with Gasteiger partial charge in [-0.1, -0.05) is 39.5 Å². The first-order valence-electron chi connectivity index (χ1n) is 7.23. The van der Waals surface area contributed by atoms with Gasteiger partial charge < -0.3 is 16.2 Å². The molecule has 0 saturated heterocycles. The Morgan fingerprint density at radius 2 is 1.89 bits per heavy atom. The number of carbonyl (C=O) groups excluding carboxylic acids is 1. The van der Waals surface area contributed by atoms with Gasteiger partial charge in [0, 0.05) is 6.42 Å². The molecule has 0 spiro atoms. The van der Waals surface area contributed by atoms with E-state index in [2.05, 4.69) is 19.2 Å². The first-order valence-corrected chi connectivity index (χ1v) is 7.23. The summed E-state index contributed by atoms with van der Waals surface area (Å²) in [6, 6.07) is -0.854. The molecule has 1 unspecified atom stereocenters. The molecule has 0 bridgehead atoms. The van der Waals surface area contributed by atoms with Crippen molar-refractivity contribution in [3.63, 3.8) is 0 Å². The zero-order valence-corrected chi connectivity index (χ0v) is 12.2. The second kappa shape index (κ2) is 10.8. The lowest BCUT2D eigenvalue weighted by Crippen LogP contribution is -2.42. The Balaban J connectivity index is 3.86. The van der Waals surface area contributed by atoms with Gasteiger partial charge in [0.2, 0.25) is 5.91 Å². The molecule has 0 aromatic rings. The molecular formula is C14H28N2O3. The summed E-state index contributed by atoms with van der Waals surface area (Å²) in [5, 5.41) is 11.4. The van der Waals surface area contributed by atoms with E-state index in [-0.39, 0.29) is 18.9 Å². The van der Waals surface area contributed by atoms with Crippen molar-refractivity contribution < 1.29 is 14.7 Å². The standard InChI is InChI=1S/C14H28N2O3/c1-3-4-5-6-11(2)7-8-13(17)16-12(9-10-15)14(18)19/h11-12H,3-10,15H2,1-2H3,(H,16,17)(H,18,19)/t11?,12-/m1/s1. The van der Waals surface area contributed by atoms with E-state index in [0.29, 0.717) is 12.3 Å². The smallest absolute Gasteiger partial charge is 0.326 e. The molecule has 0 aliphatic carbocycles. The quantitative estimate of drug-likeness (QED) is 0.501. The third-order valence-electron chi connectivity index (χ3n) is 3.25. The van der Waals surface area contributed by atoms with Crippen LogP contribution in [0.5, 0.6) is 0 Å². The number of nitrogens with two attached hydrogens (primary N) is 1. The highest BCUT2D eigenvalue weighted by molar-refractivity contribution is 5.83. The Morgan fingerprint density at radius 1 is 1.21 bits per heavy atom. The topological polar surface area (TPSA) is 92.4 Å². The van der Waals surface area contributed by atoms with Crippen molar-refractivity contribution >= 4 is 11.9 Å². The second-order valence-electron chi connectivity index (χ2n) is 5.18. The van der Waals surface area contributed by atoms with Crippen LogP contribution in [0.1, 0.15) is 58.8 Å². The summed E-state index contributed by atoms with van der Waals surface area (Å²) >= 11 is 0. The van der Waals surface area contributed by atoms with Gasteiger partial charge in [0.25, 0.3) is 0 Å². The van der Waals surface area contributed by atoms with Crippen LogP contribution in [-0.2, 0) is 9.59 Å². The lowest BCUT2D eigenvalue weighted by atomic mass is 9.98. The Hall–Kier alpha value is -1.10. The van der Waals surface area contributed by atoms with E-state index in [9.17, 15) is 9.59 Å². The minimum absolute atomic E-state index is 0.191. The number of hydrogen-bond donors (Lipinski definition) is 3. The van der Waals surface area contributed by atoms with Gasteiger partial charge in [0.1, 0.15) is 6.04 Å². The predicted octanol–water partition coefficient (Wildman–Crippen LogP) is 1.90. The molecule has 1 amide bonds. The van der Waals surface area contributed by atoms with Gasteiger partial charge in [0.05, 0.1) is 0 Å². The highest BCUT2D eigenvalue weighted by Gasteiger charge is 2.18. The number of rotatable bonds is 11. The molecule has 0 heterocycles. The monoisotopic (exact) mass is 272 g/mol. The first kappa shape index (κ1) is 17.9. The molecule has 0 aliphatic rings. The second-order valence-corrected chi connectivity index (χ2v) is 5.18.